The molecule has 0 spiro atoms. The molecule has 0 aliphatic heterocycles. The van der Waals surface area contributed by atoms with Crippen LogP contribution in [0.2, 0.25) is 0 Å². The molecule has 3 heteroatoms. The van der Waals surface area contributed by atoms with Gasteiger partial charge in [0.15, 0.2) is 0 Å². The minimum atomic E-state index is -0.156. The average Bonchev–Trinajstić information content (AvgIpc) is 2.70. The summed E-state index contributed by atoms with van der Waals surface area (Å²) in [6.07, 6.45) is 8.70. The predicted octanol–water partition coefficient (Wildman–Crippen LogP) is 5.30. The summed E-state index contributed by atoms with van der Waals surface area (Å²) in [5.41, 5.74) is 7.14. The van der Waals surface area contributed by atoms with Gasteiger partial charge in [-0.25, -0.2) is 0 Å². The van der Waals surface area contributed by atoms with Crippen molar-refractivity contribution in [3.63, 3.8) is 0 Å². The molecule has 0 amide bonds. The van der Waals surface area contributed by atoms with Gasteiger partial charge in [0, 0.05) is 39.6 Å². The monoisotopic (exact) mass is 374 g/mol. The molecule has 0 aromatic heterocycles. The molecule has 1 aliphatic carbocycles. The highest BCUT2D eigenvalue weighted by atomic mass is 16.1. The largest absolute Gasteiger partial charge is 0.378 e. The van der Waals surface area contributed by atoms with Crippen LogP contribution < -0.4 is 9.80 Å². The van der Waals surface area contributed by atoms with Gasteiger partial charge in [-0.2, -0.15) is 0 Å². The van der Waals surface area contributed by atoms with Gasteiger partial charge in [0.1, 0.15) is 6.29 Å². The quantitative estimate of drug-likeness (QED) is 0.642. The van der Waals surface area contributed by atoms with Crippen molar-refractivity contribution in [1.29, 1.82) is 0 Å². The van der Waals surface area contributed by atoms with E-state index in [1.165, 1.54) is 22.4 Å². The van der Waals surface area contributed by atoms with Gasteiger partial charge in [0.2, 0.25) is 0 Å². The van der Waals surface area contributed by atoms with E-state index in [-0.39, 0.29) is 5.92 Å². The summed E-state index contributed by atoms with van der Waals surface area (Å²) in [6.45, 7) is 0. The van der Waals surface area contributed by atoms with E-state index in [2.05, 4.69) is 70.5 Å². The molecule has 2 aromatic carbocycles. The summed E-state index contributed by atoms with van der Waals surface area (Å²) < 4.78 is 0. The third kappa shape index (κ3) is 4.72. The first-order valence-electron chi connectivity index (χ1n) is 9.89. The maximum atomic E-state index is 11.9. The van der Waals surface area contributed by atoms with Crippen molar-refractivity contribution in [3.8, 4) is 0 Å². The van der Waals surface area contributed by atoms with Crippen LogP contribution in [0.5, 0.6) is 0 Å². The minimum Gasteiger partial charge on any atom is -0.378 e. The average molecular weight is 375 g/mol. The maximum Gasteiger partial charge on any atom is 0.131 e. The Morgan fingerprint density at radius 3 is 1.93 bits per heavy atom. The molecule has 1 unspecified atom stereocenters. The Morgan fingerprint density at radius 2 is 1.39 bits per heavy atom. The van der Waals surface area contributed by atoms with Crippen LogP contribution in [0.4, 0.5) is 11.4 Å². The lowest BCUT2D eigenvalue weighted by atomic mass is 9.83. The highest BCUT2D eigenvalue weighted by molar-refractivity contribution is 5.70. The van der Waals surface area contributed by atoms with Gasteiger partial charge in [-0.15, -0.1) is 0 Å². The van der Waals surface area contributed by atoms with Crippen LogP contribution in [0.1, 0.15) is 36.3 Å². The van der Waals surface area contributed by atoms with E-state index in [4.69, 9.17) is 0 Å². The molecule has 0 fully saturated rings. The second-order valence-corrected chi connectivity index (χ2v) is 7.88. The zero-order valence-corrected chi connectivity index (χ0v) is 17.4. The number of rotatable bonds is 6. The Hall–Kier alpha value is -2.81. The zero-order valence-electron chi connectivity index (χ0n) is 17.4. The number of nitrogens with zero attached hydrogens (tertiary/aromatic N) is 2. The van der Waals surface area contributed by atoms with Crippen LogP contribution >= 0.6 is 0 Å². The number of hydrogen-bond donors (Lipinski definition) is 0. The lowest BCUT2D eigenvalue weighted by Gasteiger charge is -2.21. The third-order valence-electron chi connectivity index (χ3n) is 5.37. The fourth-order valence-corrected chi connectivity index (χ4v) is 3.68. The van der Waals surface area contributed by atoms with Gasteiger partial charge in [-0.3, -0.25) is 0 Å². The van der Waals surface area contributed by atoms with Crippen LogP contribution in [-0.2, 0) is 4.79 Å². The van der Waals surface area contributed by atoms with E-state index in [9.17, 15) is 4.79 Å². The Kier molecular flexibility index (Phi) is 6.35. The standard InChI is InChI=1S/C25H30N2O/c1-26(2)23-12-8-19(9-13-23)16-20-6-5-7-22(17-20)25(18-28)21-10-14-24(15-11-21)27(3)4/h8-18,25H,5-7H2,1-4H3/b20-16+. The molecule has 0 heterocycles. The molecule has 0 saturated carbocycles. The lowest BCUT2D eigenvalue weighted by molar-refractivity contribution is -0.108. The van der Waals surface area contributed by atoms with Crippen LogP contribution in [0.3, 0.4) is 0 Å². The number of carbonyl (C=O) groups excluding carboxylic acids is 1. The van der Waals surface area contributed by atoms with E-state index in [0.717, 1.165) is 36.8 Å². The zero-order chi connectivity index (χ0) is 20.1. The number of anilines is 2. The van der Waals surface area contributed by atoms with Crippen LogP contribution in [-0.4, -0.2) is 34.5 Å². The normalized spacial score (nSPS) is 16.4. The van der Waals surface area contributed by atoms with E-state index in [0.29, 0.717) is 0 Å². The molecule has 0 N–H and O–H groups in total. The molecule has 1 aliphatic rings. The van der Waals surface area contributed by atoms with E-state index in [1.807, 2.05) is 28.2 Å². The summed E-state index contributed by atoms with van der Waals surface area (Å²) in [4.78, 5) is 16.1. The first kappa shape index (κ1) is 19.9. The molecule has 3 nitrogen and oxygen atoms in total. The SMILES string of the molecule is CN(C)c1ccc(/C=C2/C=C(C(C=O)c3ccc(N(C)C)cc3)CCC2)cc1. The van der Waals surface area contributed by atoms with Gasteiger partial charge in [0.05, 0.1) is 5.92 Å². The van der Waals surface area contributed by atoms with E-state index in [1.54, 1.807) is 0 Å². The van der Waals surface area contributed by atoms with Crippen molar-refractivity contribution >= 4 is 23.7 Å². The van der Waals surface area contributed by atoms with Crippen molar-refractivity contribution < 1.29 is 4.79 Å². The number of allylic oxidation sites excluding steroid dienone is 3. The fraction of sp³-hybridized carbons (Fsp3) is 0.320. The summed E-state index contributed by atoms with van der Waals surface area (Å²) in [5, 5.41) is 0. The van der Waals surface area contributed by atoms with Gasteiger partial charge < -0.3 is 14.6 Å². The van der Waals surface area contributed by atoms with E-state index >= 15 is 0 Å². The summed E-state index contributed by atoms with van der Waals surface area (Å²) in [7, 11) is 8.15. The number of hydrogen-bond acceptors (Lipinski definition) is 3. The van der Waals surface area contributed by atoms with Crippen molar-refractivity contribution in [3.05, 3.63) is 76.9 Å². The molecule has 1 atom stereocenters. The van der Waals surface area contributed by atoms with Crippen molar-refractivity contribution in [1.82, 2.24) is 0 Å². The fourth-order valence-electron chi connectivity index (χ4n) is 3.68. The number of aldehydes is 1. The molecule has 3 rings (SSSR count). The summed E-state index contributed by atoms with van der Waals surface area (Å²) in [5.74, 6) is -0.156. The molecule has 0 bridgehead atoms. The summed E-state index contributed by atoms with van der Waals surface area (Å²) >= 11 is 0. The van der Waals surface area contributed by atoms with Crippen LogP contribution in [0, 0.1) is 0 Å². The summed E-state index contributed by atoms with van der Waals surface area (Å²) in [6, 6.07) is 16.9. The number of benzene rings is 2. The first-order chi connectivity index (χ1) is 13.5. The number of carbonyl (C=O) groups is 1. The Balaban J connectivity index is 1.83. The highest BCUT2D eigenvalue weighted by Gasteiger charge is 2.19. The van der Waals surface area contributed by atoms with Crippen LogP contribution in [0.15, 0.2) is 65.8 Å². The lowest BCUT2D eigenvalue weighted by Crippen LogP contribution is -2.10. The molecule has 0 radical (unpaired) electrons. The van der Waals surface area contributed by atoms with Crippen LogP contribution in [0.25, 0.3) is 6.08 Å². The molecule has 2 aromatic rings. The van der Waals surface area contributed by atoms with Crippen molar-refractivity contribution in [2.24, 2.45) is 0 Å². The second-order valence-electron chi connectivity index (χ2n) is 7.88. The van der Waals surface area contributed by atoms with Gasteiger partial charge >= 0.3 is 0 Å². The maximum absolute atomic E-state index is 11.9. The molecular formula is C25H30N2O. The Bertz CT molecular complexity index is 858. The van der Waals surface area contributed by atoms with E-state index < -0.39 is 0 Å². The molecular weight excluding hydrogens is 344 g/mol. The Morgan fingerprint density at radius 1 is 0.821 bits per heavy atom. The predicted molar refractivity (Wildman–Crippen MR) is 120 cm³/mol. The smallest absolute Gasteiger partial charge is 0.131 e. The van der Waals surface area contributed by atoms with Crippen molar-refractivity contribution in [2.45, 2.75) is 25.2 Å². The topological polar surface area (TPSA) is 23.6 Å². The second kappa shape index (κ2) is 8.92. The molecule has 28 heavy (non-hydrogen) atoms. The van der Waals surface area contributed by atoms with Gasteiger partial charge in [0.25, 0.3) is 0 Å². The Labute approximate surface area is 169 Å². The third-order valence-corrected chi connectivity index (χ3v) is 5.37. The van der Waals surface area contributed by atoms with Crippen molar-refractivity contribution in [2.75, 3.05) is 38.0 Å². The highest BCUT2D eigenvalue weighted by Crippen LogP contribution is 2.33. The molecule has 0 saturated heterocycles. The first-order valence-corrected chi connectivity index (χ1v) is 9.89. The minimum absolute atomic E-state index is 0.156. The van der Waals surface area contributed by atoms with Gasteiger partial charge in [-0.1, -0.05) is 42.0 Å². The van der Waals surface area contributed by atoms with Gasteiger partial charge in [-0.05, 0) is 60.2 Å². The molecule has 146 valence electrons.